The SMILES string of the molecule is CC(C)NC(=O)OCC(=C1CN(C(c2ccc(Cl)cc2)c2ccc(Cl)cc2)C1)c1cc(F)cc(F)c1. The molecule has 36 heavy (non-hydrogen) atoms. The summed E-state index contributed by atoms with van der Waals surface area (Å²) in [7, 11) is 0. The Kier molecular flexibility index (Phi) is 8.29. The number of carbonyl (C=O) groups excluding carboxylic acids is 1. The quantitative estimate of drug-likeness (QED) is 0.349. The van der Waals surface area contributed by atoms with Gasteiger partial charge in [-0.05, 0) is 78.1 Å². The molecule has 3 aromatic carbocycles. The number of ether oxygens (including phenoxy) is 1. The highest BCUT2D eigenvalue weighted by atomic mass is 35.5. The van der Waals surface area contributed by atoms with E-state index in [0.29, 0.717) is 34.3 Å². The third-order valence-electron chi connectivity index (χ3n) is 5.92. The molecule has 3 aromatic rings. The highest BCUT2D eigenvalue weighted by molar-refractivity contribution is 6.30. The Labute approximate surface area is 219 Å². The molecule has 8 heteroatoms. The van der Waals surface area contributed by atoms with E-state index in [9.17, 15) is 13.6 Å². The number of rotatable bonds is 7. The summed E-state index contributed by atoms with van der Waals surface area (Å²) in [5.74, 6) is -1.38. The van der Waals surface area contributed by atoms with E-state index in [0.717, 1.165) is 22.8 Å². The molecule has 1 aliphatic rings. The molecule has 0 aromatic heterocycles. The number of nitrogens with zero attached hydrogens (tertiary/aromatic N) is 1. The second-order valence-electron chi connectivity index (χ2n) is 9.03. The first-order valence-corrected chi connectivity index (χ1v) is 12.3. The minimum Gasteiger partial charge on any atom is -0.445 e. The largest absolute Gasteiger partial charge is 0.445 e. The van der Waals surface area contributed by atoms with Crippen LogP contribution in [0.5, 0.6) is 0 Å². The van der Waals surface area contributed by atoms with Crippen molar-refractivity contribution in [1.29, 1.82) is 0 Å². The predicted molar refractivity (Wildman–Crippen MR) is 139 cm³/mol. The first kappa shape index (κ1) is 26.1. The van der Waals surface area contributed by atoms with Gasteiger partial charge in [-0.1, -0.05) is 47.5 Å². The summed E-state index contributed by atoms with van der Waals surface area (Å²) in [4.78, 5) is 14.3. The van der Waals surface area contributed by atoms with Crippen molar-refractivity contribution in [3.05, 3.63) is 111 Å². The van der Waals surface area contributed by atoms with Crippen molar-refractivity contribution in [2.45, 2.75) is 25.9 Å². The third-order valence-corrected chi connectivity index (χ3v) is 6.42. The van der Waals surface area contributed by atoms with Crippen LogP contribution >= 0.6 is 23.2 Å². The lowest BCUT2D eigenvalue weighted by molar-refractivity contribution is 0.155. The van der Waals surface area contributed by atoms with Crippen molar-refractivity contribution in [3.8, 4) is 0 Å². The standard InChI is InChI=1S/C28H26Cl2F2N2O2/c1-17(2)33-28(35)36-16-26(20-11-24(31)13-25(32)12-20)21-14-34(15-21)27(18-3-7-22(29)8-4-18)19-5-9-23(30)10-6-19/h3-13,17,27H,14-16H2,1-2H3,(H,33,35). The van der Waals surface area contributed by atoms with Crippen LogP contribution in [-0.2, 0) is 4.74 Å². The number of hydrogen-bond donors (Lipinski definition) is 1. The minimum atomic E-state index is -0.689. The molecule has 188 valence electrons. The van der Waals surface area contributed by atoms with Crippen LogP contribution in [0.1, 0.15) is 36.6 Å². The molecule has 1 heterocycles. The van der Waals surface area contributed by atoms with Crippen LogP contribution < -0.4 is 5.32 Å². The fourth-order valence-electron chi connectivity index (χ4n) is 4.25. The van der Waals surface area contributed by atoms with Gasteiger partial charge in [0.05, 0.1) is 6.04 Å². The van der Waals surface area contributed by atoms with Gasteiger partial charge in [0.2, 0.25) is 0 Å². The van der Waals surface area contributed by atoms with Gasteiger partial charge in [-0.25, -0.2) is 13.6 Å². The number of carbonyl (C=O) groups is 1. The van der Waals surface area contributed by atoms with Crippen LogP contribution in [0.4, 0.5) is 13.6 Å². The van der Waals surface area contributed by atoms with Gasteiger partial charge in [-0.15, -0.1) is 0 Å². The predicted octanol–water partition coefficient (Wildman–Crippen LogP) is 7.27. The van der Waals surface area contributed by atoms with E-state index in [1.807, 2.05) is 62.4 Å². The minimum absolute atomic E-state index is 0.0843. The van der Waals surface area contributed by atoms with Gasteiger partial charge in [-0.3, -0.25) is 4.90 Å². The summed E-state index contributed by atoms with van der Waals surface area (Å²) in [6, 6.07) is 18.4. The topological polar surface area (TPSA) is 41.6 Å². The Morgan fingerprint density at radius 3 is 1.89 bits per heavy atom. The molecule has 0 atom stereocenters. The van der Waals surface area contributed by atoms with Gasteiger partial charge in [0.15, 0.2) is 0 Å². The van der Waals surface area contributed by atoms with Crippen molar-refractivity contribution >= 4 is 34.9 Å². The number of halogens is 4. The van der Waals surface area contributed by atoms with Crippen LogP contribution in [-0.4, -0.2) is 36.7 Å². The zero-order chi connectivity index (χ0) is 25.8. The van der Waals surface area contributed by atoms with E-state index in [-0.39, 0.29) is 18.7 Å². The van der Waals surface area contributed by atoms with Crippen LogP contribution in [0.2, 0.25) is 10.0 Å². The maximum atomic E-state index is 14.0. The van der Waals surface area contributed by atoms with E-state index in [1.165, 1.54) is 12.1 Å². The van der Waals surface area contributed by atoms with Gasteiger partial charge in [0.25, 0.3) is 0 Å². The van der Waals surface area contributed by atoms with Gasteiger partial charge in [0, 0.05) is 35.2 Å². The summed E-state index contributed by atoms with van der Waals surface area (Å²) in [5.41, 5.74) is 3.98. The van der Waals surface area contributed by atoms with Crippen molar-refractivity contribution in [2.75, 3.05) is 19.7 Å². The molecular weight excluding hydrogens is 505 g/mol. The van der Waals surface area contributed by atoms with Crippen molar-refractivity contribution in [2.24, 2.45) is 0 Å². The van der Waals surface area contributed by atoms with Gasteiger partial charge >= 0.3 is 6.09 Å². The van der Waals surface area contributed by atoms with E-state index >= 15 is 0 Å². The number of alkyl carbamates (subject to hydrolysis) is 1. The Bertz CT molecular complexity index is 1190. The summed E-state index contributed by atoms with van der Waals surface area (Å²) >= 11 is 12.2. The molecule has 0 bridgehead atoms. The molecule has 1 fully saturated rings. The molecule has 1 N–H and O–H groups in total. The van der Waals surface area contributed by atoms with Crippen LogP contribution in [0, 0.1) is 11.6 Å². The molecule has 0 radical (unpaired) electrons. The second-order valence-corrected chi connectivity index (χ2v) is 9.90. The molecule has 1 saturated heterocycles. The highest BCUT2D eigenvalue weighted by Gasteiger charge is 2.32. The molecule has 4 rings (SSSR count). The zero-order valence-corrected chi connectivity index (χ0v) is 21.4. The first-order valence-electron chi connectivity index (χ1n) is 11.5. The Morgan fingerprint density at radius 2 is 1.42 bits per heavy atom. The fourth-order valence-corrected chi connectivity index (χ4v) is 4.51. The van der Waals surface area contributed by atoms with E-state index in [4.69, 9.17) is 27.9 Å². The van der Waals surface area contributed by atoms with E-state index in [1.54, 1.807) is 0 Å². The number of likely N-dealkylation sites (tertiary alicyclic amines) is 1. The lowest BCUT2D eigenvalue weighted by atomic mass is 9.89. The van der Waals surface area contributed by atoms with E-state index in [2.05, 4.69) is 10.2 Å². The Hall–Kier alpha value is -2.93. The van der Waals surface area contributed by atoms with Crippen molar-refractivity contribution in [1.82, 2.24) is 10.2 Å². The lowest BCUT2D eigenvalue weighted by Crippen LogP contribution is -2.44. The number of amides is 1. The van der Waals surface area contributed by atoms with E-state index < -0.39 is 17.7 Å². The second kappa shape index (κ2) is 11.4. The Balaban J connectivity index is 1.64. The van der Waals surface area contributed by atoms with Gasteiger partial charge < -0.3 is 10.1 Å². The molecule has 1 amide bonds. The number of nitrogens with one attached hydrogen (secondary N) is 1. The molecule has 0 spiro atoms. The average Bonchev–Trinajstić information content (AvgIpc) is 2.78. The maximum absolute atomic E-state index is 14.0. The molecular formula is C28H26Cl2F2N2O2. The molecule has 0 saturated carbocycles. The lowest BCUT2D eigenvalue weighted by Gasteiger charge is -2.42. The summed E-state index contributed by atoms with van der Waals surface area (Å²) in [5, 5.41) is 3.95. The molecule has 0 aliphatic carbocycles. The maximum Gasteiger partial charge on any atom is 0.407 e. The van der Waals surface area contributed by atoms with Gasteiger partial charge in [0.1, 0.15) is 18.2 Å². The summed E-state index contributed by atoms with van der Waals surface area (Å²) in [6.07, 6.45) is -0.587. The fraction of sp³-hybridized carbons (Fsp3) is 0.250. The third kappa shape index (κ3) is 6.44. The monoisotopic (exact) mass is 530 g/mol. The number of benzene rings is 3. The first-order chi connectivity index (χ1) is 17.2. The summed E-state index contributed by atoms with van der Waals surface area (Å²) < 4.78 is 33.5. The molecule has 4 nitrogen and oxygen atoms in total. The average molecular weight is 531 g/mol. The molecule has 1 aliphatic heterocycles. The highest BCUT2D eigenvalue weighted by Crippen LogP contribution is 2.37. The summed E-state index contributed by atoms with van der Waals surface area (Å²) in [6.45, 7) is 4.59. The number of hydrogen-bond acceptors (Lipinski definition) is 3. The van der Waals surface area contributed by atoms with Crippen LogP contribution in [0.25, 0.3) is 5.57 Å². The smallest absolute Gasteiger partial charge is 0.407 e. The Morgan fingerprint density at radius 1 is 0.917 bits per heavy atom. The van der Waals surface area contributed by atoms with Gasteiger partial charge in [-0.2, -0.15) is 0 Å². The normalized spacial score (nSPS) is 13.6. The van der Waals surface area contributed by atoms with Crippen LogP contribution in [0.3, 0.4) is 0 Å². The van der Waals surface area contributed by atoms with Crippen LogP contribution in [0.15, 0.2) is 72.3 Å². The van der Waals surface area contributed by atoms with Crippen molar-refractivity contribution < 1.29 is 18.3 Å². The zero-order valence-electron chi connectivity index (χ0n) is 19.9. The van der Waals surface area contributed by atoms with Crippen molar-refractivity contribution in [3.63, 3.8) is 0 Å². The molecule has 0 unspecified atom stereocenters.